The summed E-state index contributed by atoms with van der Waals surface area (Å²) in [5.41, 5.74) is 8.34. The summed E-state index contributed by atoms with van der Waals surface area (Å²) < 4.78 is 21.6. The smallest absolute Gasteiger partial charge is 0.407 e. The zero-order valence-corrected chi connectivity index (χ0v) is 31.0. The molecule has 0 radical (unpaired) electrons. The van der Waals surface area contributed by atoms with Crippen molar-refractivity contribution < 1.29 is 48.0 Å². The van der Waals surface area contributed by atoms with Crippen LogP contribution in [0.1, 0.15) is 61.8 Å². The third kappa shape index (κ3) is 8.48. The number of aliphatic carboxylic acids is 1. The molecule has 2 aliphatic rings. The molecule has 0 saturated carbocycles. The van der Waals surface area contributed by atoms with Gasteiger partial charge in [-0.05, 0) is 56.3 Å². The Kier molecular flexibility index (Phi) is 11.8. The number of fused-ring (bicyclic) bond motifs is 6. The van der Waals surface area contributed by atoms with Crippen molar-refractivity contribution in [2.45, 2.75) is 57.7 Å². The highest BCUT2D eigenvalue weighted by Gasteiger charge is 2.35. The molecule has 286 valence electrons. The third-order valence-electron chi connectivity index (χ3n) is 9.99. The highest BCUT2D eigenvalue weighted by molar-refractivity contribution is 5.86. The first-order chi connectivity index (χ1) is 26.4. The second-order valence-corrected chi connectivity index (χ2v) is 14.3. The van der Waals surface area contributed by atoms with Crippen LogP contribution in [-0.4, -0.2) is 73.2 Å². The van der Waals surface area contributed by atoms with E-state index in [1.807, 2.05) is 97.1 Å². The summed E-state index contributed by atoms with van der Waals surface area (Å²) >= 11 is 0. The molecule has 2 amide bonds. The van der Waals surface area contributed by atoms with E-state index < -0.39 is 66.7 Å². The van der Waals surface area contributed by atoms with Crippen LogP contribution in [0.2, 0.25) is 0 Å². The van der Waals surface area contributed by atoms with Crippen LogP contribution in [0.25, 0.3) is 22.3 Å². The van der Waals surface area contributed by atoms with Crippen LogP contribution in [0.5, 0.6) is 0 Å². The second-order valence-electron chi connectivity index (χ2n) is 14.3. The summed E-state index contributed by atoms with van der Waals surface area (Å²) in [5, 5.41) is 14.9. The Hall–Kier alpha value is -6.17. The van der Waals surface area contributed by atoms with Crippen molar-refractivity contribution in [3.8, 4) is 22.3 Å². The molecule has 0 spiro atoms. The maximum Gasteiger partial charge on any atom is 0.407 e. The minimum atomic E-state index is -1.90. The lowest BCUT2D eigenvalue weighted by Crippen LogP contribution is -2.49. The molecule has 12 heteroatoms. The lowest BCUT2D eigenvalue weighted by molar-refractivity contribution is -0.173. The van der Waals surface area contributed by atoms with Crippen LogP contribution in [0, 0.1) is 11.8 Å². The zero-order valence-electron chi connectivity index (χ0n) is 31.0. The fraction of sp³-hybridized carbons (Fsp3) is 0.326. The zero-order chi connectivity index (χ0) is 39.2. The summed E-state index contributed by atoms with van der Waals surface area (Å²) in [5.74, 6) is -4.95. The van der Waals surface area contributed by atoms with E-state index in [1.54, 1.807) is 27.7 Å². The average molecular weight is 749 g/mol. The number of carbonyl (C=O) groups excluding carboxylic acids is 4. The minimum absolute atomic E-state index is 0.00845. The minimum Gasteiger partial charge on any atom is -0.478 e. The number of carboxylic acid groups (broad SMARTS) is 1. The molecule has 6 rings (SSSR count). The van der Waals surface area contributed by atoms with E-state index in [-0.39, 0.29) is 25.0 Å². The van der Waals surface area contributed by atoms with Crippen molar-refractivity contribution in [2.24, 2.45) is 11.8 Å². The van der Waals surface area contributed by atoms with E-state index in [9.17, 15) is 29.1 Å². The number of rotatable bonds is 14. The average Bonchev–Trinajstić information content (AvgIpc) is 3.67. The molecule has 1 unspecified atom stereocenters. The topological polar surface area (TPSA) is 167 Å². The number of benzene rings is 4. The molecule has 4 aromatic carbocycles. The van der Waals surface area contributed by atoms with Gasteiger partial charge in [-0.3, -0.25) is 0 Å². The van der Waals surface area contributed by atoms with E-state index in [0.717, 1.165) is 44.5 Å². The molecule has 0 bridgehead atoms. The van der Waals surface area contributed by atoms with Gasteiger partial charge in [-0.2, -0.15) is 0 Å². The molecular weight excluding hydrogens is 704 g/mol. The number of nitrogens with one attached hydrogen (secondary N) is 2. The highest BCUT2D eigenvalue weighted by atomic mass is 16.6. The Morgan fingerprint density at radius 2 is 0.891 bits per heavy atom. The van der Waals surface area contributed by atoms with Gasteiger partial charge in [-0.25, -0.2) is 24.0 Å². The van der Waals surface area contributed by atoms with Gasteiger partial charge in [-0.1, -0.05) is 125 Å². The number of amides is 2. The van der Waals surface area contributed by atoms with Crippen LogP contribution in [0.15, 0.2) is 97.1 Å². The summed E-state index contributed by atoms with van der Waals surface area (Å²) in [6, 6.07) is 29.0. The molecule has 0 aromatic heterocycles. The Balaban J connectivity index is 1.01. The molecule has 0 heterocycles. The van der Waals surface area contributed by atoms with Gasteiger partial charge in [0.2, 0.25) is 6.10 Å². The standard InChI is InChI=1S/C43H44N2O10/c1-24(2)37(44-42(50)53-21-34-30-17-9-5-13-26(30)27-14-6-10-18-31(27)34)40(48)52-23-36(39(46)47)55-41(49)38(25(3)4)45-43(51)54-22-35-32-19-11-7-15-28(32)29-16-8-12-20-33(29)35/h5-20,24-25,34-38H,21-23H2,1-4H3,(H,44,50)(H,45,51)(H,46,47)/t36?,37-,38-/m0/s1. The van der Waals surface area contributed by atoms with Gasteiger partial charge >= 0.3 is 30.1 Å². The molecule has 4 aromatic rings. The number of alkyl carbamates (subject to hydrolysis) is 2. The second kappa shape index (κ2) is 16.9. The van der Waals surface area contributed by atoms with Gasteiger partial charge in [0.15, 0.2) is 0 Å². The fourth-order valence-electron chi connectivity index (χ4n) is 7.15. The summed E-state index contributed by atoms with van der Waals surface area (Å²) in [7, 11) is 0. The van der Waals surface area contributed by atoms with Crippen molar-refractivity contribution in [1.29, 1.82) is 0 Å². The number of hydrogen-bond donors (Lipinski definition) is 3. The predicted octanol–water partition coefficient (Wildman–Crippen LogP) is 6.65. The quantitative estimate of drug-likeness (QED) is 0.0939. The van der Waals surface area contributed by atoms with Gasteiger partial charge in [0.1, 0.15) is 31.9 Å². The Morgan fingerprint density at radius 3 is 1.24 bits per heavy atom. The molecule has 3 N–H and O–H groups in total. The monoisotopic (exact) mass is 748 g/mol. The molecule has 55 heavy (non-hydrogen) atoms. The first kappa shape index (κ1) is 38.6. The van der Waals surface area contributed by atoms with Gasteiger partial charge in [0.25, 0.3) is 0 Å². The summed E-state index contributed by atoms with van der Waals surface area (Å²) in [6.07, 6.45) is -3.63. The number of esters is 2. The van der Waals surface area contributed by atoms with E-state index in [1.165, 1.54) is 0 Å². The number of carboxylic acids is 1. The molecule has 0 saturated heterocycles. The molecule has 12 nitrogen and oxygen atoms in total. The van der Waals surface area contributed by atoms with E-state index in [0.29, 0.717) is 0 Å². The maximum atomic E-state index is 13.2. The van der Waals surface area contributed by atoms with Gasteiger partial charge in [0.05, 0.1) is 0 Å². The van der Waals surface area contributed by atoms with Crippen molar-refractivity contribution in [1.82, 2.24) is 10.6 Å². The molecule has 0 fully saturated rings. The van der Waals surface area contributed by atoms with E-state index in [4.69, 9.17) is 18.9 Å². The van der Waals surface area contributed by atoms with Crippen molar-refractivity contribution in [3.63, 3.8) is 0 Å². The largest absolute Gasteiger partial charge is 0.478 e. The fourth-order valence-corrected chi connectivity index (χ4v) is 7.15. The first-order valence-electron chi connectivity index (χ1n) is 18.3. The Bertz CT molecular complexity index is 1990. The number of carbonyl (C=O) groups is 5. The molecular formula is C43H44N2O10. The Morgan fingerprint density at radius 1 is 0.545 bits per heavy atom. The van der Waals surface area contributed by atoms with Crippen molar-refractivity contribution in [2.75, 3.05) is 19.8 Å². The third-order valence-corrected chi connectivity index (χ3v) is 9.99. The lowest BCUT2D eigenvalue weighted by atomic mass is 9.98. The molecule has 3 atom stereocenters. The molecule has 0 aliphatic heterocycles. The van der Waals surface area contributed by atoms with E-state index in [2.05, 4.69) is 10.6 Å². The normalized spacial score (nSPS) is 14.4. The summed E-state index contributed by atoms with van der Waals surface area (Å²) in [4.78, 5) is 64.4. The van der Waals surface area contributed by atoms with Crippen LogP contribution < -0.4 is 10.6 Å². The number of hydrogen-bond acceptors (Lipinski definition) is 9. The van der Waals surface area contributed by atoms with Crippen molar-refractivity contribution >= 4 is 30.1 Å². The predicted molar refractivity (Wildman–Crippen MR) is 202 cm³/mol. The van der Waals surface area contributed by atoms with Gasteiger partial charge in [0, 0.05) is 11.8 Å². The summed E-state index contributed by atoms with van der Waals surface area (Å²) in [6.45, 7) is 5.83. The maximum absolute atomic E-state index is 13.2. The first-order valence-corrected chi connectivity index (χ1v) is 18.3. The van der Waals surface area contributed by atoms with Crippen LogP contribution >= 0.6 is 0 Å². The van der Waals surface area contributed by atoms with Gasteiger partial charge < -0.3 is 34.7 Å². The van der Waals surface area contributed by atoms with E-state index >= 15 is 0 Å². The number of ether oxygens (including phenoxy) is 4. The van der Waals surface area contributed by atoms with Crippen molar-refractivity contribution in [3.05, 3.63) is 119 Å². The molecule has 2 aliphatic carbocycles. The van der Waals surface area contributed by atoms with Gasteiger partial charge in [-0.15, -0.1) is 0 Å². The highest BCUT2D eigenvalue weighted by Crippen LogP contribution is 2.45. The Labute approximate surface area is 319 Å². The van der Waals surface area contributed by atoms with Crippen LogP contribution in [0.3, 0.4) is 0 Å². The lowest BCUT2D eigenvalue weighted by Gasteiger charge is -2.24. The SMILES string of the molecule is CC(C)[C@H](NC(=O)OCC1c2ccccc2-c2ccccc21)C(=O)OCC(OC(=O)[C@@H](NC(=O)OCC1c2ccccc2-c2ccccc21)C(C)C)C(=O)O. The van der Waals surface area contributed by atoms with Crippen LogP contribution in [-0.2, 0) is 33.3 Å². The van der Waals surface area contributed by atoms with Crippen LogP contribution in [0.4, 0.5) is 9.59 Å².